The summed E-state index contributed by atoms with van der Waals surface area (Å²) in [5, 5.41) is 0. The summed E-state index contributed by atoms with van der Waals surface area (Å²) in [7, 11) is 1.78. The summed E-state index contributed by atoms with van der Waals surface area (Å²) >= 11 is 0. The molecular formula is C22H30N4O. The van der Waals surface area contributed by atoms with Crippen LogP contribution in [-0.2, 0) is 17.6 Å². The third-order valence-corrected chi connectivity index (χ3v) is 5.84. The van der Waals surface area contributed by atoms with Crippen LogP contribution >= 0.6 is 0 Å². The lowest BCUT2D eigenvalue weighted by Gasteiger charge is -2.32. The number of hydrogen-bond donors (Lipinski definition) is 0. The molecular weight excluding hydrogens is 336 g/mol. The molecule has 0 unspecified atom stereocenters. The topological polar surface area (TPSA) is 51.1 Å². The van der Waals surface area contributed by atoms with E-state index in [1.54, 1.807) is 7.11 Å². The molecule has 1 saturated carbocycles. The van der Waals surface area contributed by atoms with Crippen molar-refractivity contribution in [1.82, 2.24) is 15.0 Å². The first-order valence-electron chi connectivity index (χ1n) is 10.3. The van der Waals surface area contributed by atoms with Crippen LogP contribution in [0.1, 0.15) is 55.3 Å². The van der Waals surface area contributed by atoms with Gasteiger partial charge in [-0.1, -0.05) is 12.8 Å². The molecule has 0 amide bonds. The van der Waals surface area contributed by atoms with Gasteiger partial charge in [-0.05, 0) is 63.1 Å². The van der Waals surface area contributed by atoms with E-state index in [1.807, 2.05) is 12.3 Å². The molecule has 0 N–H and O–H groups in total. The van der Waals surface area contributed by atoms with Gasteiger partial charge in [-0.3, -0.25) is 4.98 Å². The Balaban J connectivity index is 1.74. The minimum Gasteiger partial charge on any atom is -0.385 e. The Bertz CT molecular complexity index is 786. The molecule has 0 atom stereocenters. The van der Waals surface area contributed by atoms with Gasteiger partial charge in [0.25, 0.3) is 0 Å². The normalized spacial score (nSPS) is 16.7. The lowest BCUT2D eigenvalue weighted by atomic mass is 10.1. The van der Waals surface area contributed by atoms with Crippen molar-refractivity contribution >= 4 is 5.82 Å². The molecule has 2 aliphatic rings. The average Bonchev–Trinajstić information content (AvgIpc) is 3.36. The van der Waals surface area contributed by atoms with Gasteiger partial charge in [0.2, 0.25) is 0 Å². The fourth-order valence-electron chi connectivity index (χ4n) is 4.48. The maximum absolute atomic E-state index is 5.32. The van der Waals surface area contributed by atoms with E-state index < -0.39 is 0 Å². The number of methoxy groups -OCH3 is 1. The van der Waals surface area contributed by atoms with Crippen molar-refractivity contribution in [3.05, 3.63) is 35.2 Å². The molecule has 0 spiro atoms. The highest BCUT2D eigenvalue weighted by Gasteiger charge is 2.29. The van der Waals surface area contributed by atoms with E-state index in [2.05, 4.69) is 22.9 Å². The van der Waals surface area contributed by atoms with E-state index in [1.165, 1.54) is 54.7 Å². The van der Waals surface area contributed by atoms with Gasteiger partial charge in [0.15, 0.2) is 5.82 Å². The van der Waals surface area contributed by atoms with Crippen molar-refractivity contribution in [3.8, 4) is 11.5 Å². The van der Waals surface area contributed by atoms with Gasteiger partial charge >= 0.3 is 0 Å². The van der Waals surface area contributed by atoms with Crippen LogP contribution in [-0.4, -0.2) is 41.3 Å². The lowest BCUT2D eigenvalue weighted by molar-refractivity contribution is 0.195. The van der Waals surface area contributed by atoms with Crippen LogP contribution in [0, 0.1) is 6.92 Å². The quantitative estimate of drug-likeness (QED) is 0.690. The molecule has 1 fully saturated rings. The summed E-state index contributed by atoms with van der Waals surface area (Å²) in [5.41, 5.74) is 4.68. The van der Waals surface area contributed by atoms with Crippen LogP contribution in [0.15, 0.2) is 18.3 Å². The highest BCUT2D eigenvalue weighted by Crippen LogP contribution is 2.35. The van der Waals surface area contributed by atoms with Gasteiger partial charge in [-0.25, -0.2) is 9.97 Å². The predicted octanol–water partition coefficient (Wildman–Crippen LogP) is 4.12. The number of anilines is 1. The number of ether oxygens (including phenoxy) is 1. The standard InChI is InChI=1S/C22H30N4O/c1-16-11-12-23-20(15-16)21-24-19-10-5-9-18(19)22(25-21)26(13-6-14-27-2)17-7-3-4-8-17/h11-12,15,17H,3-10,13-14H2,1-2H3. The summed E-state index contributed by atoms with van der Waals surface area (Å²) in [6.45, 7) is 3.89. The van der Waals surface area contributed by atoms with E-state index >= 15 is 0 Å². The molecule has 27 heavy (non-hydrogen) atoms. The Hall–Kier alpha value is -2.01. The molecule has 4 rings (SSSR count). The molecule has 2 heterocycles. The van der Waals surface area contributed by atoms with Crippen molar-refractivity contribution in [1.29, 1.82) is 0 Å². The molecule has 0 radical (unpaired) electrons. The van der Waals surface area contributed by atoms with Gasteiger partial charge < -0.3 is 9.64 Å². The number of aryl methyl sites for hydroxylation is 2. The fourth-order valence-corrected chi connectivity index (χ4v) is 4.48. The second-order valence-corrected chi connectivity index (χ2v) is 7.85. The average molecular weight is 367 g/mol. The molecule has 0 aromatic carbocycles. The molecule has 5 heteroatoms. The molecule has 0 saturated heterocycles. The molecule has 2 aliphatic carbocycles. The highest BCUT2D eigenvalue weighted by atomic mass is 16.5. The van der Waals surface area contributed by atoms with Crippen LogP contribution in [0.3, 0.4) is 0 Å². The van der Waals surface area contributed by atoms with Crippen molar-refractivity contribution in [3.63, 3.8) is 0 Å². The first kappa shape index (κ1) is 18.4. The molecule has 2 aromatic rings. The van der Waals surface area contributed by atoms with E-state index in [4.69, 9.17) is 14.7 Å². The number of nitrogens with zero attached hydrogens (tertiary/aromatic N) is 4. The third-order valence-electron chi connectivity index (χ3n) is 5.84. The largest absolute Gasteiger partial charge is 0.385 e. The fraction of sp³-hybridized carbons (Fsp3) is 0.591. The van der Waals surface area contributed by atoms with Gasteiger partial charge in [0, 0.05) is 43.8 Å². The molecule has 5 nitrogen and oxygen atoms in total. The first-order valence-corrected chi connectivity index (χ1v) is 10.3. The molecule has 0 bridgehead atoms. The van der Waals surface area contributed by atoms with Crippen LogP contribution < -0.4 is 4.90 Å². The van der Waals surface area contributed by atoms with E-state index in [9.17, 15) is 0 Å². The van der Waals surface area contributed by atoms with Crippen LogP contribution in [0.5, 0.6) is 0 Å². The Labute approximate surface area is 162 Å². The van der Waals surface area contributed by atoms with E-state index in [-0.39, 0.29) is 0 Å². The maximum atomic E-state index is 5.32. The van der Waals surface area contributed by atoms with Crippen molar-refractivity contribution in [2.75, 3.05) is 25.2 Å². The summed E-state index contributed by atoms with van der Waals surface area (Å²) in [6.07, 6.45) is 11.4. The zero-order valence-electron chi connectivity index (χ0n) is 16.6. The first-order chi connectivity index (χ1) is 13.3. The summed E-state index contributed by atoms with van der Waals surface area (Å²) in [4.78, 5) is 17.1. The second-order valence-electron chi connectivity index (χ2n) is 7.85. The monoisotopic (exact) mass is 366 g/mol. The number of pyridine rings is 1. The number of hydrogen-bond acceptors (Lipinski definition) is 5. The van der Waals surface area contributed by atoms with Crippen molar-refractivity contribution in [2.45, 2.75) is 64.3 Å². The summed E-state index contributed by atoms with van der Waals surface area (Å²) in [6, 6.07) is 4.71. The highest BCUT2D eigenvalue weighted by molar-refractivity contribution is 5.60. The summed E-state index contributed by atoms with van der Waals surface area (Å²) < 4.78 is 5.32. The predicted molar refractivity (Wildman–Crippen MR) is 108 cm³/mol. The molecule has 0 aliphatic heterocycles. The zero-order chi connectivity index (χ0) is 18.6. The Morgan fingerprint density at radius 1 is 1.15 bits per heavy atom. The second kappa shape index (κ2) is 8.34. The third kappa shape index (κ3) is 3.98. The minimum atomic E-state index is 0.597. The van der Waals surface area contributed by atoms with Crippen LogP contribution in [0.25, 0.3) is 11.5 Å². The van der Waals surface area contributed by atoms with Crippen molar-refractivity contribution < 1.29 is 4.74 Å². The van der Waals surface area contributed by atoms with Gasteiger partial charge in [-0.2, -0.15) is 0 Å². The Morgan fingerprint density at radius 3 is 2.78 bits per heavy atom. The molecule has 144 valence electrons. The Morgan fingerprint density at radius 2 is 2.00 bits per heavy atom. The van der Waals surface area contributed by atoms with Crippen molar-refractivity contribution in [2.24, 2.45) is 0 Å². The van der Waals surface area contributed by atoms with Crippen LogP contribution in [0.2, 0.25) is 0 Å². The summed E-state index contributed by atoms with van der Waals surface area (Å²) in [5.74, 6) is 1.95. The maximum Gasteiger partial charge on any atom is 0.180 e. The van der Waals surface area contributed by atoms with E-state index in [0.717, 1.165) is 43.9 Å². The van der Waals surface area contributed by atoms with Gasteiger partial charge in [0.1, 0.15) is 11.5 Å². The number of aromatic nitrogens is 3. The minimum absolute atomic E-state index is 0.597. The van der Waals surface area contributed by atoms with E-state index in [0.29, 0.717) is 6.04 Å². The van der Waals surface area contributed by atoms with Crippen LogP contribution in [0.4, 0.5) is 5.82 Å². The van der Waals surface area contributed by atoms with Gasteiger partial charge in [-0.15, -0.1) is 0 Å². The SMILES string of the molecule is COCCCN(c1nc(-c2cc(C)ccn2)nc2c1CCC2)C1CCCC1. The lowest BCUT2D eigenvalue weighted by Crippen LogP contribution is -2.36. The zero-order valence-corrected chi connectivity index (χ0v) is 16.6. The number of rotatable bonds is 7. The van der Waals surface area contributed by atoms with Gasteiger partial charge in [0.05, 0.1) is 0 Å². The molecule has 2 aromatic heterocycles. The Kier molecular flexibility index (Phi) is 5.67. The smallest absolute Gasteiger partial charge is 0.180 e. The number of fused-ring (bicyclic) bond motifs is 1.